The number of fused-ring (bicyclic) bond motifs is 1. The van der Waals surface area contributed by atoms with Crippen LogP contribution in [0.3, 0.4) is 0 Å². The molecule has 1 radical (unpaired) electrons. The standard InChI is InChI=1S/C25H28FNO4.CH4O.V/c1-24(2,23(28)29-15-17-8-6-5-7-9-17)22-12-18-10-11-19(26)13-21(18)27(22)14-20-16-30-25(3,4)31-20;1-2;/h5-13,20H,14-16H2,1-4H3;2H,1H3;. The first kappa shape index (κ1) is 28.1. The molecule has 1 unspecified atom stereocenters. The second-order valence-electron chi connectivity index (χ2n) is 8.98. The number of rotatable bonds is 6. The fraction of sp³-hybridized carbons (Fsp3) is 0.423. The number of carbonyl (C=O) groups excluding carboxylic acids is 1. The predicted octanol–water partition coefficient (Wildman–Crippen LogP) is 4.56. The van der Waals surface area contributed by atoms with E-state index in [0.717, 1.165) is 23.8 Å². The zero-order valence-electron chi connectivity index (χ0n) is 20.2. The minimum atomic E-state index is -0.945. The summed E-state index contributed by atoms with van der Waals surface area (Å²) in [4.78, 5) is 13.1. The molecule has 4 rings (SSSR count). The van der Waals surface area contributed by atoms with Crippen molar-refractivity contribution in [2.24, 2.45) is 0 Å². The number of hydrogen-bond donors (Lipinski definition) is 1. The normalized spacial score (nSPS) is 17.0. The van der Waals surface area contributed by atoms with Crippen LogP contribution in [0.2, 0.25) is 0 Å². The molecule has 1 aromatic heterocycles. The molecule has 3 aromatic rings. The first-order valence-electron chi connectivity index (χ1n) is 10.9. The van der Waals surface area contributed by atoms with Gasteiger partial charge >= 0.3 is 5.97 Å². The van der Waals surface area contributed by atoms with Crippen LogP contribution in [0.5, 0.6) is 0 Å². The van der Waals surface area contributed by atoms with Gasteiger partial charge in [0.1, 0.15) is 23.9 Å². The van der Waals surface area contributed by atoms with Crippen molar-refractivity contribution >= 4 is 16.9 Å². The Kier molecular flexibility index (Phi) is 9.51. The second kappa shape index (κ2) is 11.5. The van der Waals surface area contributed by atoms with Crippen LogP contribution >= 0.6 is 0 Å². The van der Waals surface area contributed by atoms with Gasteiger partial charge in [-0.05, 0) is 57.5 Å². The monoisotopic (exact) mass is 508 g/mol. The number of ether oxygens (including phenoxy) is 3. The van der Waals surface area contributed by atoms with E-state index in [2.05, 4.69) is 0 Å². The maximum Gasteiger partial charge on any atom is 0.317 e. The molecule has 183 valence electrons. The number of aliphatic hydroxyl groups is 1. The molecule has 2 aromatic carbocycles. The molecule has 1 fully saturated rings. The van der Waals surface area contributed by atoms with Gasteiger partial charge in [0.05, 0.1) is 18.7 Å². The van der Waals surface area contributed by atoms with E-state index in [1.54, 1.807) is 6.07 Å². The van der Waals surface area contributed by atoms with Crippen LogP contribution in [0.15, 0.2) is 54.6 Å². The molecular weight excluding hydrogens is 476 g/mol. The van der Waals surface area contributed by atoms with Gasteiger partial charge < -0.3 is 23.9 Å². The van der Waals surface area contributed by atoms with Gasteiger partial charge in [-0.3, -0.25) is 4.79 Å². The van der Waals surface area contributed by atoms with E-state index in [0.29, 0.717) is 18.7 Å². The number of esters is 1. The van der Waals surface area contributed by atoms with E-state index in [9.17, 15) is 9.18 Å². The van der Waals surface area contributed by atoms with E-state index in [4.69, 9.17) is 19.3 Å². The molecule has 2 heterocycles. The molecular formula is C26H32FNO5V. The Hall–Kier alpha value is -2.16. The van der Waals surface area contributed by atoms with Gasteiger partial charge in [-0.25, -0.2) is 4.39 Å². The van der Waals surface area contributed by atoms with E-state index < -0.39 is 11.2 Å². The van der Waals surface area contributed by atoms with Crippen LogP contribution < -0.4 is 0 Å². The van der Waals surface area contributed by atoms with Crippen molar-refractivity contribution in [2.45, 2.75) is 58.2 Å². The van der Waals surface area contributed by atoms with Crippen molar-refractivity contribution in [2.75, 3.05) is 13.7 Å². The van der Waals surface area contributed by atoms with Crippen molar-refractivity contribution in [3.8, 4) is 0 Å². The third-order valence-electron chi connectivity index (χ3n) is 5.68. The molecule has 1 aliphatic heterocycles. The molecule has 0 spiro atoms. The maximum absolute atomic E-state index is 14.1. The van der Waals surface area contributed by atoms with Crippen molar-refractivity contribution in [1.29, 1.82) is 0 Å². The maximum atomic E-state index is 14.1. The Labute approximate surface area is 211 Å². The van der Waals surface area contributed by atoms with Crippen molar-refractivity contribution in [3.05, 3.63) is 71.7 Å². The van der Waals surface area contributed by atoms with E-state index in [1.807, 2.05) is 68.7 Å². The minimum absolute atomic E-state index is 0. The summed E-state index contributed by atoms with van der Waals surface area (Å²) in [5.74, 6) is -1.33. The summed E-state index contributed by atoms with van der Waals surface area (Å²) in [6, 6.07) is 16.1. The Morgan fingerprint density at radius 3 is 2.47 bits per heavy atom. The van der Waals surface area contributed by atoms with Crippen molar-refractivity contribution < 1.29 is 47.1 Å². The smallest absolute Gasteiger partial charge is 0.317 e. The van der Waals surface area contributed by atoms with Gasteiger partial charge in [-0.2, -0.15) is 0 Å². The number of benzene rings is 2. The Morgan fingerprint density at radius 1 is 1.18 bits per heavy atom. The topological polar surface area (TPSA) is 69.9 Å². The van der Waals surface area contributed by atoms with Gasteiger partial charge in [0.25, 0.3) is 0 Å². The Bertz CT molecular complexity index is 1100. The number of hydrogen-bond acceptors (Lipinski definition) is 5. The average molecular weight is 508 g/mol. The van der Waals surface area contributed by atoms with Crippen LogP contribution in [0.4, 0.5) is 4.39 Å². The van der Waals surface area contributed by atoms with Crippen LogP contribution in [-0.4, -0.2) is 41.3 Å². The minimum Gasteiger partial charge on any atom is -0.460 e. The summed E-state index contributed by atoms with van der Waals surface area (Å²) in [5, 5.41) is 7.86. The first-order valence-corrected chi connectivity index (χ1v) is 10.9. The van der Waals surface area contributed by atoms with Crippen LogP contribution in [0.25, 0.3) is 10.9 Å². The SMILES string of the molecule is CC1(C)OCC(Cn2c(C(C)(C)C(=O)OCc3ccccc3)cc3ccc(F)cc32)O1.CO.[V]. The second-order valence-corrected chi connectivity index (χ2v) is 8.98. The van der Waals surface area contributed by atoms with Crippen molar-refractivity contribution in [3.63, 3.8) is 0 Å². The van der Waals surface area contributed by atoms with Gasteiger partial charge in [-0.1, -0.05) is 30.3 Å². The number of halogens is 1. The molecule has 1 saturated heterocycles. The fourth-order valence-electron chi connectivity index (χ4n) is 4.01. The Balaban J connectivity index is 0.00000133. The predicted molar refractivity (Wildman–Crippen MR) is 124 cm³/mol. The number of nitrogens with zero attached hydrogens (tertiary/aromatic N) is 1. The van der Waals surface area contributed by atoms with Crippen molar-refractivity contribution in [1.82, 2.24) is 4.57 Å². The molecule has 8 heteroatoms. The summed E-state index contributed by atoms with van der Waals surface area (Å²) >= 11 is 0. The quantitative estimate of drug-likeness (QED) is 0.495. The van der Waals surface area contributed by atoms with Crippen LogP contribution in [0, 0.1) is 5.82 Å². The van der Waals surface area contributed by atoms with Gasteiger partial charge in [0, 0.05) is 36.7 Å². The molecule has 6 nitrogen and oxygen atoms in total. The van der Waals surface area contributed by atoms with Crippen LogP contribution in [-0.2, 0) is 56.1 Å². The molecule has 1 atom stereocenters. The molecule has 1 N–H and O–H groups in total. The third kappa shape index (κ3) is 6.29. The molecule has 0 aliphatic carbocycles. The molecule has 34 heavy (non-hydrogen) atoms. The van der Waals surface area contributed by atoms with Gasteiger partial charge in [0.15, 0.2) is 5.79 Å². The molecule has 0 amide bonds. The number of aromatic nitrogens is 1. The number of aliphatic hydroxyl groups excluding tert-OH is 1. The van der Waals surface area contributed by atoms with E-state index in [-0.39, 0.29) is 43.1 Å². The summed E-state index contributed by atoms with van der Waals surface area (Å²) in [6.07, 6.45) is -0.205. The number of carbonyl (C=O) groups is 1. The largest absolute Gasteiger partial charge is 0.460 e. The molecule has 0 bridgehead atoms. The third-order valence-corrected chi connectivity index (χ3v) is 5.68. The zero-order chi connectivity index (χ0) is 24.2. The van der Waals surface area contributed by atoms with Gasteiger partial charge in [-0.15, -0.1) is 0 Å². The summed E-state index contributed by atoms with van der Waals surface area (Å²) in [5.41, 5.74) is 1.44. The van der Waals surface area contributed by atoms with E-state index in [1.165, 1.54) is 12.1 Å². The van der Waals surface area contributed by atoms with Gasteiger partial charge in [0.2, 0.25) is 0 Å². The first-order chi connectivity index (χ1) is 15.7. The average Bonchev–Trinajstić information content (AvgIpc) is 3.33. The zero-order valence-corrected chi connectivity index (χ0v) is 21.6. The summed E-state index contributed by atoms with van der Waals surface area (Å²) in [7, 11) is 1.00. The van der Waals surface area contributed by atoms with E-state index >= 15 is 0 Å². The summed E-state index contributed by atoms with van der Waals surface area (Å²) in [6.45, 7) is 8.47. The molecule has 0 saturated carbocycles. The fourth-order valence-corrected chi connectivity index (χ4v) is 4.01. The van der Waals surface area contributed by atoms with Crippen LogP contribution in [0.1, 0.15) is 39.0 Å². The Morgan fingerprint density at radius 2 is 1.85 bits per heavy atom. The molecule has 1 aliphatic rings. The summed E-state index contributed by atoms with van der Waals surface area (Å²) < 4.78 is 33.3.